The number of rotatable bonds is 3. The topological polar surface area (TPSA) is 72.4 Å². The fraction of sp³-hybridized carbons (Fsp3) is 0.143. The minimum absolute atomic E-state index is 0.0237. The molecule has 0 aliphatic carbocycles. The summed E-state index contributed by atoms with van der Waals surface area (Å²) < 4.78 is 0. The maximum atomic E-state index is 10.7. The van der Waals surface area contributed by atoms with Crippen LogP contribution in [-0.2, 0) is 4.79 Å². The Bertz CT molecular complexity index is 310. The Morgan fingerprint density at radius 1 is 1.62 bits per heavy atom. The van der Waals surface area contributed by atoms with E-state index in [-0.39, 0.29) is 11.7 Å². The number of thiophene rings is 1. The van der Waals surface area contributed by atoms with Crippen molar-refractivity contribution in [1.29, 1.82) is 0 Å². The first-order valence-electron chi connectivity index (χ1n) is 3.50. The van der Waals surface area contributed by atoms with Crippen LogP contribution in [0, 0.1) is 0 Å². The van der Waals surface area contributed by atoms with Gasteiger partial charge in [0.05, 0.1) is 5.00 Å². The van der Waals surface area contributed by atoms with Crippen LogP contribution in [-0.4, -0.2) is 17.6 Å². The second-order valence-electron chi connectivity index (χ2n) is 2.34. The largest absolute Gasteiger partial charge is 0.376 e. The molecule has 0 aliphatic rings. The molecular weight excluding hydrogens is 206 g/mol. The van der Waals surface area contributed by atoms with Crippen molar-refractivity contribution in [3.05, 3.63) is 17.5 Å². The SMILES string of the molecule is NC(=O)CN(C(N)=S)c1cccs1. The van der Waals surface area contributed by atoms with E-state index in [9.17, 15) is 4.79 Å². The lowest BCUT2D eigenvalue weighted by Gasteiger charge is -2.18. The fourth-order valence-electron chi connectivity index (χ4n) is 0.844. The van der Waals surface area contributed by atoms with Crippen molar-refractivity contribution in [1.82, 2.24) is 0 Å². The zero-order valence-corrected chi connectivity index (χ0v) is 8.40. The molecule has 70 valence electrons. The molecule has 6 heteroatoms. The van der Waals surface area contributed by atoms with Crippen molar-refractivity contribution in [3.8, 4) is 0 Å². The molecule has 0 atom stereocenters. The molecule has 13 heavy (non-hydrogen) atoms. The Balaban J connectivity index is 2.81. The summed E-state index contributed by atoms with van der Waals surface area (Å²) in [5.74, 6) is -0.457. The normalized spacial score (nSPS) is 9.54. The van der Waals surface area contributed by atoms with E-state index in [1.54, 1.807) is 0 Å². The molecule has 0 saturated heterocycles. The molecule has 4 nitrogen and oxygen atoms in total. The van der Waals surface area contributed by atoms with Gasteiger partial charge >= 0.3 is 0 Å². The Kier molecular flexibility index (Phi) is 3.21. The number of nitrogens with zero attached hydrogens (tertiary/aromatic N) is 1. The number of hydrogen-bond donors (Lipinski definition) is 2. The summed E-state index contributed by atoms with van der Waals surface area (Å²) in [6.07, 6.45) is 0. The van der Waals surface area contributed by atoms with Crippen molar-refractivity contribution in [3.63, 3.8) is 0 Å². The Morgan fingerprint density at radius 2 is 2.31 bits per heavy atom. The van der Waals surface area contributed by atoms with Crippen molar-refractivity contribution in [2.24, 2.45) is 11.5 Å². The number of carbonyl (C=O) groups excluding carboxylic acids is 1. The number of primary amides is 1. The van der Waals surface area contributed by atoms with Crippen LogP contribution in [0.15, 0.2) is 17.5 Å². The third-order valence-corrected chi connectivity index (χ3v) is 2.46. The standard InChI is InChI=1S/C7H9N3OS2/c8-5(11)4-10(7(9)12)6-2-1-3-13-6/h1-3H,4H2,(H2,8,11)(H2,9,12). The van der Waals surface area contributed by atoms with Crippen LogP contribution >= 0.6 is 23.6 Å². The molecule has 0 saturated carbocycles. The van der Waals surface area contributed by atoms with Gasteiger partial charge in [0.25, 0.3) is 0 Å². The molecule has 0 bridgehead atoms. The summed E-state index contributed by atoms with van der Waals surface area (Å²) in [6, 6.07) is 3.68. The molecule has 1 amide bonds. The number of anilines is 1. The lowest BCUT2D eigenvalue weighted by atomic mass is 10.5. The Morgan fingerprint density at radius 3 is 2.69 bits per heavy atom. The van der Waals surface area contributed by atoms with E-state index < -0.39 is 5.91 Å². The second kappa shape index (κ2) is 4.20. The minimum Gasteiger partial charge on any atom is -0.376 e. The smallest absolute Gasteiger partial charge is 0.237 e. The fourth-order valence-corrected chi connectivity index (χ4v) is 1.81. The molecule has 4 N–H and O–H groups in total. The molecule has 1 aromatic heterocycles. The third-order valence-electron chi connectivity index (χ3n) is 1.35. The molecule has 0 aliphatic heterocycles. The number of hydrogen-bond acceptors (Lipinski definition) is 3. The van der Waals surface area contributed by atoms with Gasteiger partial charge in [-0.3, -0.25) is 4.79 Å². The highest BCUT2D eigenvalue weighted by molar-refractivity contribution is 7.80. The zero-order valence-electron chi connectivity index (χ0n) is 6.77. The molecule has 1 heterocycles. The molecule has 1 aromatic rings. The van der Waals surface area contributed by atoms with Crippen molar-refractivity contribution < 1.29 is 4.79 Å². The van der Waals surface area contributed by atoms with Gasteiger partial charge in [0.15, 0.2) is 5.11 Å². The molecule has 0 fully saturated rings. The van der Waals surface area contributed by atoms with Gasteiger partial charge in [-0.2, -0.15) is 0 Å². The van der Waals surface area contributed by atoms with Gasteiger partial charge < -0.3 is 16.4 Å². The summed E-state index contributed by atoms with van der Waals surface area (Å²) in [6.45, 7) is 0.0237. The van der Waals surface area contributed by atoms with Crippen LogP contribution in [0.3, 0.4) is 0 Å². The molecule has 0 radical (unpaired) electrons. The van der Waals surface area contributed by atoms with Gasteiger partial charge in [0.1, 0.15) is 6.54 Å². The zero-order chi connectivity index (χ0) is 9.84. The van der Waals surface area contributed by atoms with E-state index in [1.807, 2.05) is 17.5 Å². The first-order valence-corrected chi connectivity index (χ1v) is 4.79. The van der Waals surface area contributed by atoms with Crippen LogP contribution in [0.25, 0.3) is 0 Å². The van der Waals surface area contributed by atoms with Crippen LogP contribution < -0.4 is 16.4 Å². The summed E-state index contributed by atoms with van der Waals surface area (Å²) in [7, 11) is 0. The van der Waals surface area contributed by atoms with Crippen LogP contribution in [0.4, 0.5) is 5.00 Å². The summed E-state index contributed by atoms with van der Waals surface area (Å²) in [5, 5.41) is 2.86. The van der Waals surface area contributed by atoms with Gasteiger partial charge in [-0.05, 0) is 29.7 Å². The minimum atomic E-state index is -0.457. The molecule has 0 spiro atoms. The highest BCUT2D eigenvalue weighted by Crippen LogP contribution is 2.20. The number of nitrogens with two attached hydrogens (primary N) is 2. The van der Waals surface area contributed by atoms with Gasteiger partial charge in [-0.25, -0.2) is 0 Å². The summed E-state index contributed by atoms with van der Waals surface area (Å²) in [5.41, 5.74) is 10.5. The van der Waals surface area contributed by atoms with E-state index >= 15 is 0 Å². The van der Waals surface area contributed by atoms with Gasteiger partial charge in [0, 0.05) is 0 Å². The Labute approximate surface area is 85.1 Å². The first kappa shape index (κ1) is 9.94. The highest BCUT2D eigenvalue weighted by atomic mass is 32.1. The lowest BCUT2D eigenvalue weighted by Crippen LogP contribution is -2.41. The first-order chi connectivity index (χ1) is 6.11. The van der Waals surface area contributed by atoms with Crippen LogP contribution in [0.5, 0.6) is 0 Å². The number of carbonyl (C=O) groups is 1. The van der Waals surface area contributed by atoms with Crippen LogP contribution in [0.1, 0.15) is 0 Å². The molecule has 1 rings (SSSR count). The average Bonchev–Trinajstić information content (AvgIpc) is 2.50. The van der Waals surface area contributed by atoms with Crippen molar-refractivity contribution in [2.75, 3.05) is 11.4 Å². The van der Waals surface area contributed by atoms with Crippen molar-refractivity contribution >= 4 is 39.6 Å². The van der Waals surface area contributed by atoms with E-state index in [0.717, 1.165) is 5.00 Å². The predicted molar refractivity (Wildman–Crippen MR) is 57.6 cm³/mol. The van der Waals surface area contributed by atoms with Crippen LogP contribution in [0.2, 0.25) is 0 Å². The molecular formula is C7H9N3OS2. The maximum Gasteiger partial charge on any atom is 0.237 e. The maximum absolute atomic E-state index is 10.7. The quantitative estimate of drug-likeness (QED) is 0.711. The van der Waals surface area contributed by atoms with E-state index in [2.05, 4.69) is 0 Å². The van der Waals surface area contributed by atoms with E-state index in [0.29, 0.717) is 0 Å². The average molecular weight is 215 g/mol. The third kappa shape index (κ3) is 2.67. The van der Waals surface area contributed by atoms with Gasteiger partial charge in [-0.1, -0.05) is 0 Å². The summed E-state index contributed by atoms with van der Waals surface area (Å²) >= 11 is 6.24. The highest BCUT2D eigenvalue weighted by Gasteiger charge is 2.12. The summed E-state index contributed by atoms with van der Waals surface area (Å²) in [4.78, 5) is 12.2. The second-order valence-corrected chi connectivity index (χ2v) is 3.69. The van der Waals surface area contributed by atoms with E-state index in [4.69, 9.17) is 23.7 Å². The van der Waals surface area contributed by atoms with Gasteiger partial charge in [0.2, 0.25) is 5.91 Å². The number of amides is 1. The van der Waals surface area contributed by atoms with Gasteiger partial charge in [-0.15, -0.1) is 11.3 Å². The van der Waals surface area contributed by atoms with E-state index in [1.165, 1.54) is 16.2 Å². The number of thiocarbonyl (C=S) groups is 1. The van der Waals surface area contributed by atoms with Crippen molar-refractivity contribution in [2.45, 2.75) is 0 Å². The molecule has 0 unspecified atom stereocenters. The Hall–Kier alpha value is -1.14. The lowest BCUT2D eigenvalue weighted by molar-refractivity contribution is -0.116. The predicted octanol–water partition coefficient (Wildman–Crippen LogP) is 0.283. The monoisotopic (exact) mass is 215 g/mol. The molecule has 0 aromatic carbocycles.